The number of hydrogen-bond acceptors (Lipinski definition) is 3. The molecule has 1 aromatic heterocycles. The summed E-state index contributed by atoms with van der Waals surface area (Å²) in [7, 11) is 1.53. The Morgan fingerprint density at radius 1 is 1.40 bits per heavy atom. The maximum absolute atomic E-state index is 14.0. The number of carbonyl (C=O) groups excluding carboxylic acids is 1. The first kappa shape index (κ1) is 15.0. The minimum atomic E-state index is -0.700. The van der Waals surface area contributed by atoms with Gasteiger partial charge in [-0.05, 0) is 46.9 Å². The van der Waals surface area contributed by atoms with Gasteiger partial charge in [-0.2, -0.15) is 0 Å². The van der Waals surface area contributed by atoms with Crippen molar-refractivity contribution in [1.29, 1.82) is 0 Å². The summed E-state index contributed by atoms with van der Waals surface area (Å²) in [5.41, 5.74) is 0.332. The molecule has 0 saturated heterocycles. The fourth-order valence-corrected chi connectivity index (χ4v) is 2.48. The fraction of sp³-hybridized carbons (Fsp3) is 0.0769. The molecule has 1 aromatic carbocycles. The minimum Gasteiger partial charge on any atom is -0.371 e. The van der Waals surface area contributed by atoms with E-state index < -0.39 is 11.7 Å². The van der Waals surface area contributed by atoms with Gasteiger partial charge >= 0.3 is 0 Å². The molecule has 0 spiro atoms. The van der Waals surface area contributed by atoms with Gasteiger partial charge < -0.3 is 10.6 Å². The predicted octanol–water partition coefficient (Wildman–Crippen LogP) is 3.77. The number of aromatic nitrogens is 1. The van der Waals surface area contributed by atoms with E-state index >= 15 is 0 Å². The molecule has 2 rings (SSSR count). The second-order valence-corrected chi connectivity index (χ2v) is 5.50. The molecule has 0 saturated carbocycles. The summed E-state index contributed by atoms with van der Waals surface area (Å²) in [5, 5.41) is 5.55. The molecule has 0 aliphatic carbocycles. The van der Waals surface area contributed by atoms with E-state index in [-0.39, 0.29) is 11.4 Å². The summed E-state index contributed by atoms with van der Waals surface area (Å²) in [5.74, 6) is -1.26. The number of anilines is 2. The van der Waals surface area contributed by atoms with Crippen LogP contribution in [0.2, 0.25) is 5.02 Å². The lowest BCUT2D eigenvalue weighted by molar-refractivity contribution is 0.102. The van der Waals surface area contributed by atoms with E-state index in [2.05, 4.69) is 38.2 Å². The molecule has 0 atom stereocenters. The zero-order valence-corrected chi connectivity index (χ0v) is 13.3. The van der Waals surface area contributed by atoms with Crippen molar-refractivity contribution in [3.8, 4) is 0 Å². The molecule has 0 unspecified atom stereocenters. The van der Waals surface area contributed by atoms with Crippen LogP contribution in [0.5, 0.6) is 0 Å². The molecule has 1 heterocycles. The largest absolute Gasteiger partial charge is 0.371 e. The number of nitrogens with one attached hydrogen (secondary N) is 2. The van der Waals surface area contributed by atoms with E-state index in [9.17, 15) is 9.18 Å². The number of amides is 1. The lowest BCUT2D eigenvalue weighted by Gasteiger charge is -2.09. The smallest absolute Gasteiger partial charge is 0.258 e. The molecule has 20 heavy (non-hydrogen) atoms. The SMILES string of the molecule is CNc1nccc(C(=O)Nc2ccc(I)cc2Cl)c1F. The third-order valence-electron chi connectivity index (χ3n) is 2.55. The third-order valence-corrected chi connectivity index (χ3v) is 3.53. The van der Waals surface area contributed by atoms with E-state index in [1.54, 1.807) is 18.2 Å². The van der Waals surface area contributed by atoms with Crippen molar-refractivity contribution in [2.75, 3.05) is 17.7 Å². The molecule has 0 radical (unpaired) electrons. The summed E-state index contributed by atoms with van der Waals surface area (Å²) in [6.45, 7) is 0. The van der Waals surface area contributed by atoms with Crippen molar-refractivity contribution in [2.45, 2.75) is 0 Å². The lowest BCUT2D eigenvalue weighted by Crippen LogP contribution is -2.15. The number of halogens is 3. The normalized spacial score (nSPS) is 10.2. The highest BCUT2D eigenvalue weighted by molar-refractivity contribution is 14.1. The van der Waals surface area contributed by atoms with Crippen molar-refractivity contribution in [3.63, 3.8) is 0 Å². The van der Waals surface area contributed by atoms with Crippen LogP contribution in [0, 0.1) is 9.39 Å². The Morgan fingerprint density at radius 2 is 2.15 bits per heavy atom. The summed E-state index contributed by atoms with van der Waals surface area (Å²) in [6.07, 6.45) is 1.36. The molecule has 2 aromatic rings. The van der Waals surface area contributed by atoms with Crippen LogP contribution < -0.4 is 10.6 Å². The van der Waals surface area contributed by atoms with E-state index in [4.69, 9.17) is 11.6 Å². The molecule has 1 amide bonds. The number of carbonyl (C=O) groups is 1. The first-order valence-corrected chi connectivity index (χ1v) is 7.07. The molecular weight excluding hydrogens is 396 g/mol. The summed E-state index contributed by atoms with van der Waals surface area (Å²) >= 11 is 8.13. The predicted molar refractivity (Wildman–Crippen MR) is 85.9 cm³/mol. The van der Waals surface area contributed by atoms with Gasteiger partial charge in [0.15, 0.2) is 11.6 Å². The van der Waals surface area contributed by atoms with E-state index in [1.165, 1.54) is 19.3 Å². The molecule has 0 aliphatic heterocycles. The topological polar surface area (TPSA) is 54.0 Å². The van der Waals surface area contributed by atoms with Crippen molar-refractivity contribution >= 4 is 51.6 Å². The second-order valence-electron chi connectivity index (χ2n) is 3.85. The summed E-state index contributed by atoms with van der Waals surface area (Å²) in [4.78, 5) is 15.9. The van der Waals surface area contributed by atoms with Gasteiger partial charge in [0.25, 0.3) is 5.91 Å². The molecule has 2 N–H and O–H groups in total. The van der Waals surface area contributed by atoms with Gasteiger partial charge in [-0.15, -0.1) is 0 Å². The molecule has 0 fully saturated rings. The summed E-state index contributed by atoms with van der Waals surface area (Å²) in [6, 6.07) is 6.48. The van der Waals surface area contributed by atoms with Gasteiger partial charge in [-0.3, -0.25) is 4.79 Å². The monoisotopic (exact) mass is 405 g/mol. The van der Waals surface area contributed by atoms with Gasteiger partial charge in [0.1, 0.15) is 0 Å². The van der Waals surface area contributed by atoms with Crippen LogP contribution in [0.3, 0.4) is 0 Å². The van der Waals surface area contributed by atoms with Crippen LogP contribution in [0.4, 0.5) is 15.9 Å². The third kappa shape index (κ3) is 3.18. The zero-order chi connectivity index (χ0) is 14.7. The zero-order valence-electron chi connectivity index (χ0n) is 10.4. The average molecular weight is 406 g/mol. The second kappa shape index (κ2) is 6.36. The Balaban J connectivity index is 2.28. The first-order chi connectivity index (χ1) is 9.52. The van der Waals surface area contributed by atoms with Crippen LogP contribution in [0.1, 0.15) is 10.4 Å². The Kier molecular flexibility index (Phi) is 4.77. The molecule has 0 bridgehead atoms. The van der Waals surface area contributed by atoms with Crippen LogP contribution in [-0.2, 0) is 0 Å². The number of rotatable bonds is 3. The highest BCUT2D eigenvalue weighted by atomic mass is 127. The maximum atomic E-state index is 14.0. The number of benzene rings is 1. The highest BCUT2D eigenvalue weighted by Crippen LogP contribution is 2.25. The molecule has 7 heteroatoms. The minimum absolute atomic E-state index is 0.0198. The molecular formula is C13H10ClFIN3O. The van der Waals surface area contributed by atoms with Crippen molar-refractivity contribution < 1.29 is 9.18 Å². The Labute approximate surface area is 133 Å². The van der Waals surface area contributed by atoms with E-state index in [1.807, 2.05) is 0 Å². The molecule has 104 valence electrons. The number of nitrogens with zero attached hydrogens (tertiary/aromatic N) is 1. The van der Waals surface area contributed by atoms with E-state index in [0.29, 0.717) is 10.7 Å². The van der Waals surface area contributed by atoms with Gasteiger partial charge in [-0.1, -0.05) is 11.6 Å². The molecule has 0 aliphatic rings. The quantitative estimate of drug-likeness (QED) is 0.764. The number of hydrogen-bond donors (Lipinski definition) is 2. The van der Waals surface area contributed by atoms with Crippen molar-refractivity contribution in [2.24, 2.45) is 0 Å². The van der Waals surface area contributed by atoms with Gasteiger partial charge in [0.2, 0.25) is 0 Å². The number of pyridine rings is 1. The van der Waals surface area contributed by atoms with Crippen LogP contribution in [0.15, 0.2) is 30.5 Å². The van der Waals surface area contributed by atoms with Crippen LogP contribution >= 0.6 is 34.2 Å². The van der Waals surface area contributed by atoms with Gasteiger partial charge in [0, 0.05) is 16.8 Å². The van der Waals surface area contributed by atoms with Gasteiger partial charge in [-0.25, -0.2) is 9.37 Å². The molecule has 4 nitrogen and oxygen atoms in total. The average Bonchev–Trinajstić information content (AvgIpc) is 2.42. The Hall–Kier alpha value is -1.41. The first-order valence-electron chi connectivity index (χ1n) is 5.61. The van der Waals surface area contributed by atoms with E-state index in [0.717, 1.165) is 3.57 Å². The maximum Gasteiger partial charge on any atom is 0.258 e. The van der Waals surface area contributed by atoms with Crippen LogP contribution in [-0.4, -0.2) is 17.9 Å². The lowest BCUT2D eigenvalue weighted by atomic mass is 10.2. The standard InChI is InChI=1S/C13H10ClFIN3O/c1-17-12-11(15)8(4-5-18-12)13(20)19-10-3-2-7(16)6-9(10)14/h2-6H,1H3,(H,17,18)(H,19,20). The van der Waals surface area contributed by atoms with Gasteiger partial charge in [0.05, 0.1) is 16.3 Å². The Bertz CT molecular complexity index is 666. The summed E-state index contributed by atoms with van der Waals surface area (Å²) < 4.78 is 14.9. The van der Waals surface area contributed by atoms with Crippen LogP contribution in [0.25, 0.3) is 0 Å². The fourth-order valence-electron chi connectivity index (χ4n) is 1.57. The Morgan fingerprint density at radius 3 is 2.80 bits per heavy atom. The van der Waals surface area contributed by atoms with Crippen molar-refractivity contribution in [1.82, 2.24) is 4.98 Å². The highest BCUT2D eigenvalue weighted by Gasteiger charge is 2.16. The van der Waals surface area contributed by atoms with Crippen molar-refractivity contribution in [3.05, 3.63) is 50.4 Å².